The molecule has 7 heteroatoms. The smallest absolute Gasteiger partial charge is 0.254 e. The molecule has 0 unspecified atom stereocenters. The van der Waals surface area contributed by atoms with Crippen LogP contribution in [0.5, 0.6) is 0 Å². The molecule has 114 valence electrons. The highest BCUT2D eigenvalue weighted by Crippen LogP contribution is 2.14. The SMILES string of the molecule is NC(=O)CN1CCC(NC(=O)c2cc(N)ccc2F)CC1. The number of piperidine rings is 1. The summed E-state index contributed by atoms with van der Waals surface area (Å²) in [6.45, 7) is 1.57. The summed E-state index contributed by atoms with van der Waals surface area (Å²) in [5.41, 5.74) is 11.0. The van der Waals surface area contributed by atoms with Gasteiger partial charge in [0.1, 0.15) is 5.82 Å². The van der Waals surface area contributed by atoms with E-state index in [-0.39, 0.29) is 24.1 Å². The van der Waals surface area contributed by atoms with Gasteiger partial charge in [0.25, 0.3) is 5.91 Å². The quantitative estimate of drug-likeness (QED) is 0.685. The van der Waals surface area contributed by atoms with Gasteiger partial charge >= 0.3 is 0 Å². The van der Waals surface area contributed by atoms with Crippen molar-refractivity contribution in [2.75, 3.05) is 25.4 Å². The van der Waals surface area contributed by atoms with Crippen LogP contribution in [0.1, 0.15) is 23.2 Å². The average Bonchev–Trinajstić information content (AvgIpc) is 2.43. The fraction of sp³-hybridized carbons (Fsp3) is 0.429. The Balaban J connectivity index is 1.90. The van der Waals surface area contributed by atoms with Crippen molar-refractivity contribution in [3.05, 3.63) is 29.6 Å². The Labute approximate surface area is 122 Å². The molecule has 5 N–H and O–H groups in total. The van der Waals surface area contributed by atoms with E-state index in [2.05, 4.69) is 5.32 Å². The van der Waals surface area contributed by atoms with Crippen molar-refractivity contribution in [1.82, 2.24) is 10.2 Å². The molecule has 1 aliphatic heterocycles. The van der Waals surface area contributed by atoms with E-state index >= 15 is 0 Å². The summed E-state index contributed by atoms with van der Waals surface area (Å²) in [5, 5.41) is 2.80. The van der Waals surface area contributed by atoms with Gasteiger partial charge in [-0.25, -0.2) is 4.39 Å². The monoisotopic (exact) mass is 294 g/mol. The van der Waals surface area contributed by atoms with Crippen LogP contribution in [0, 0.1) is 5.82 Å². The number of rotatable bonds is 4. The van der Waals surface area contributed by atoms with Gasteiger partial charge in [-0.05, 0) is 31.0 Å². The first-order chi connectivity index (χ1) is 9.95. The number of hydrogen-bond donors (Lipinski definition) is 3. The Morgan fingerprint density at radius 2 is 2.00 bits per heavy atom. The number of hydrogen-bond acceptors (Lipinski definition) is 4. The van der Waals surface area contributed by atoms with E-state index in [9.17, 15) is 14.0 Å². The maximum atomic E-state index is 13.6. The summed E-state index contributed by atoms with van der Waals surface area (Å²) in [6.07, 6.45) is 1.39. The molecule has 1 fully saturated rings. The minimum absolute atomic E-state index is 0.0394. The molecular weight excluding hydrogens is 275 g/mol. The molecule has 6 nitrogen and oxygen atoms in total. The third-order valence-electron chi connectivity index (χ3n) is 3.54. The van der Waals surface area contributed by atoms with Crippen LogP contribution in [0.3, 0.4) is 0 Å². The van der Waals surface area contributed by atoms with Crippen molar-refractivity contribution in [3.8, 4) is 0 Å². The molecular formula is C14H19FN4O2. The van der Waals surface area contributed by atoms with Gasteiger partial charge in [0.15, 0.2) is 0 Å². The maximum absolute atomic E-state index is 13.6. The normalized spacial score (nSPS) is 16.6. The number of nitrogens with two attached hydrogens (primary N) is 2. The number of primary amides is 1. The molecule has 0 bridgehead atoms. The number of nitrogens with zero attached hydrogens (tertiary/aromatic N) is 1. The Kier molecular flexibility index (Phi) is 4.74. The summed E-state index contributed by atoms with van der Waals surface area (Å²) >= 11 is 0. The highest BCUT2D eigenvalue weighted by Gasteiger charge is 2.22. The van der Waals surface area contributed by atoms with Crippen LogP contribution in [-0.2, 0) is 4.79 Å². The fourth-order valence-corrected chi connectivity index (χ4v) is 2.44. The summed E-state index contributed by atoms with van der Waals surface area (Å²) in [7, 11) is 0. The predicted octanol–water partition coefficient (Wildman–Crippen LogP) is 0.0874. The number of benzene rings is 1. The number of carbonyl (C=O) groups is 2. The Morgan fingerprint density at radius 3 is 2.62 bits per heavy atom. The molecule has 21 heavy (non-hydrogen) atoms. The van der Waals surface area contributed by atoms with Gasteiger partial charge in [-0.2, -0.15) is 0 Å². The first-order valence-electron chi connectivity index (χ1n) is 6.82. The summed E-state index contributed by atoms with van der Waals surface area (Å²) in [5.74, 6) is -1.42. The van der Waals surface area contributed by atoms with Crippen molar-refractivity contribution >= 4 is 17.5 Å². The maximum Gasteiger partial charge on any atom is 0.254 e. The predicted molar refractivity (Wildman–Crippen MR) is 76.9 cm³/mol. The van der Waals surface area contributed by atoms with E-state index in [1.165, 1.54) is 18.2 Å². The third kappa shape index (κ3) is 4.16. The number of nitrogens with one attached hydrogen (secondary N) is 1. The Bertz CT molecular complexity index is 542. The van der Waals surface area contributed by atoms with Crippen molar-refractivity contribution in [3.63, 3.8) is 0 Å². The number of carbonyl (C=O) groups excluding carboxylic acids is 2. The number of amides is 2. The largest absolute Gasteiger partial charge is 0.399 e. The van der Waals surface area contributed by atoms with E-state index in [0.717, 1.165) is 0 Å². The van der Waals surface area contributed by atoms with Crippen LogP contribution < -0.4 is 16.8 Å². The van der Waals surface area contributed by atoms with Gasteiger partial charge in [0, 0.05) is 24.8 Å². The molecule has 1 aromatic carbocycles. The molecule has 0 atom stereocenters. The zero-order chi connectivity index (χ0) is 15.4. The van der Waals surface area contributed by atoms with E-state index in [1.807, 2.05) is 4.90 Å². The van der Waals surface area contributed by atoms with Crippen LogP contribution in [0.25, 0.3) is 0 Å². The number of nitrogen functional groups attached to an aromatic ring is 1. The van der Waals surface area contributed by atoms with Crippen LogP contribution >= 0.6 is 0 Å². The second-order valence-corrected chi connectivity index (χ2v) is 5.23. The first kappa shape index (κ1) is 15.2. The Morgan fingerprint density at radius 1 is 1.33 bits per heavy atom. The van der Waals surface area contributed by atoms with Gasteiger partial charge in [-0.15, -0.1) is 0 Å². The molecule has 1 saturated heterocycles. The minimum atomic E-state index is -0.590. The van der Waals surface area contributed by atoms with Crippen molar-refractivity contribution in [2.24, 2.45) is 5.73 Å². The topological polar surface area (TPSA) is 101 Å². The average molecular weight is 294 g/mol. The second-order valence-electron chi connectivity index (χ2n) is 5.23. The van der Waals surface area contributed by atoms with Crippen LogP contribution in [0.2, 0.25) is 0 Å². The lowest BCUT2D eigenvalue weighted by molar-refractivity contribution is -0.119. The van der Waals surface area contributed by atoms with Crippen molar-refractivity contribution < 1.29 is 14.0 Å². The molecule has 1 heterocycles. The summed E-state index contributed by atoms with van der Waals surface area (Å²) in [4.78, 5) is 24.8. The van der Waals surface area contributed by atoms with Crippen LogP contribution in [0.15, 0.2) is 18.2 Å². The van der Waals surface area contributed by atoms with Gasteiger partial charge in [-0.1, -0.05) is 0 Å². The molecule has 0 radical (unpaired) electrons. The van der Waals surface area contributed by atoms with Crippen LogP contribution in [-0.4, -0.2) is 42.4 Å². The molecule has 1 aliphatic rings. The van der Waals surface area contributed by atoms with Gasteiger partial charge in [0.05, 0.1) is 12.1 Å². The number of halogens is 1. The van der Waals surface area contributed by atoms with Gasteiger partial charge in [0.2, 0.25) is 5.91 Å². The number of likely N-dealkylation sites (tertiary alicyclic amines) is 1. The Hall–Kier alpha value is -2.15. The molecule has 0 saturated carbocycles. The standard InChI is InChI=1S/C14H19FN4O2/c15-12-2-1-9(16)7-11(12)14(21)18-10-3-5-19(6-4-10)8-13(17)20/h1-2,7,10H,3-6,8,16H2,(H2,17,20)(H,18,21). The summed E-state index contributed by atoms with van der Waals surface area (Å²) < 4.78 is 13.6. The molecule has 2 rings (SSSR count). The van der Waals surface area contributed by atoms with Crippen molar-refractivity contribution in [2.45, 2.75) is 18.9 Å². The van der Waals surface area contributed by atoms with Gasteiger partial charge < -0.3 is 16.8 Å². The molecule has 0 aliphatic carbocycles. The van der Waals surface area contributed by atoms with E-state index < -0.39 is 11.7 Å². The lowest BCUT2D eigenvalue weighted by Crippen LogP contribution is -2.46. The lowest BCUT2D eigenvalue weighted by atomic mass is 10.0. The molecule has 0 spiro atoms. The van der Waals surface area contributed by atoms with E-state index in [0.29, 0.717) is 31.6 Å². The first-order valence-corrected chi connectivity index (χ1v) is 6.82. The second kappa shape index (κ2) is 6.53. The minimum Gasteiger partial charge on any atom is -0.399 e. The van der Waals surface area contributed by atoms with Crippen LogP contribution in [0.4, 0.5) is 10.1 Å². The van der Waals surface area contributed by atoms with E-state index in [4.69, 9.17) is 11.5 Å². The highest BCUT2D eigenvalue weighted by atomic mass is 19.1. The molecule has 1 aromatic rings. The van der Waals surface area contributed by atoms with Gasteiger partial charge in [-0.3, -0.25) is 14.5 Å². The lowest BCUT2D eigenvalue weighted by Gasteiger charge is -2.31. The van der Waals surface area contributed by atoms with Crippen molar-refractivity contribution in [1.29, 1.82) is 0 Å². The summed E-state index contributed by atoms with van der Waals surface area (Å²) in [6, 6.07) is 3.88. The van der Waals surface area contributed by atoms with E-state index in [1.54, 1.807) is 0 Å². The zero-order valence-corrected chi connectivity index (χ0v) is 11.6. The third-order valence-corrected chi connectivity index (χ3v) is 3.54. The zero-order valence-electron chi connectivity index (χ0n) is 11.6. The number of anilines is 1. The molecule has 2 amide bonds. The fourth-order valence-electron chi connectivity index (χ4n) is 2.44. The molecule has 0 aromatic heterocycles. The highest BCUT2D eigenvalue weighted by molar-refractivity contribution is 5.95.